The number of aryl methyl sites for hydroxylation is 1. The third-order valence-corrected chi connectivity index (χ3v) is 2.46. The minimum atomic E-state index is -1.35. The fourth-order valence-electron chi connectivity index (χ4n) is 0.954. The van der Waals surface area contributed by atoms with Crippen molar-refractivity contribution >= 4 is 11.8 Å². The second-order valence-electron chi connectivity index (χ2n) is 2.85. The van der Waals surface area contributed by atoms with Gasteiger partial charge in [-0.2, -0.15) is 4.39 Å². The highest BCUT2D eigenvalue weighted by Gasteiger charge is 2.14. The number of halogens is 3. The van der Waals surface area contributed by atoms with Crippen molar-refractivity contribution < 1.29 is 13.2 Å². The van der Waals surface area contributed by atoms with E-state index in [9.17, 15) is 13.2 Å². The number of aromatic amines is 1. The first-order valence-corrected chi connectivity index (χ1v) is 4.96. The topological polar surface area (TPSA) is 54.5 Å². The van der Waals surface area contributed by atoms with Crippen LogP contribution < -0.4 is 0 Å². The summed E-state index contributed by atoms with van der Waals surface area (Å²) < 4.78 is 38.5. The minimum absolute atomic E-state index is 0.190. The smallest absolute Gasteiger partial charge is 0.250 e. The number of nitrogens with one attached hydrogen (secondary N) is 1. The fraction of sp³-hybridized carbons (Fsp3) is 0.125. The van der Waals surface area contributed by atoms with Crippen LogP contribution in [0.2, 0.25) is 0 Å². The molecule has 0 aliphatic rings. The van der Waals surface area contributed by atoms with E-state index in [1.165, 1.54) is 0 Å². The van der Waals surface area contributed by atoms with Crippen molar-refractivity contribution in [3.63, 3.8) is 0 Å². The van der Waals surface area contributed by atoms with Crippen molar-refractivity contribution in [2.24, 2.45) is 0 Å². The Labute approximate surface area is 92.3 Å². The van der Waals surface area contributed by atoms with Gasteiger partial charge in [0.1, 0.15) is 10.9 Å². The molecule has 0 aromatic carbocycles. The fourth-order valence-corrected chi connectivity index (χ4v) is 1.68. The van der Waals surface area contributed by atoms with E-state index in [0.717, 1.165) is 0 Å². The quantitative estimate of drug-likeness (QED) is 0.824. The van der Waals surface area contributed by atoms with Gasteiger partial charge in [0.2, 0.25) is 11.1 Å². The summed E-state index contributed by atoms with van der Waals surface area (Å²) in [4.78, 5) is 7.00. The van der Waals surface area contributed by atoms with E-state index in [2.05, 4.69) is 20.2 Å². The molecule has 0 unspecified atom stereocenters. The van der Waals surface area contributed by atoms with Crippen LogP contribution in [-0.2, 0) is 0 Å². The Kier molecular flexibility index (Phi) is 2.82. The van der Waals surface area contributed by atoms with Crippen LogP contribution in [0.4, 0.5) is 13.2 Å². The molecule has 2 rings (SSSR count). The molecule has 0 fully saturated rings. The first-order valence-electron chi connectivity index (χ1n) is 4.14. The molecule has 0 aliphatic heterocycles. The molecule has 2 heterocycles. The molecule has 0 aliphatic carbocycles. The average Bonchev–Trinajstić information content (AvgIpc) is 2.60. The molecule has 0 saturated heterocycles. The van der Waals surface area contributed by atoms with Crippen LogP contribution in [0.25, 0.3) is 0 Å². The van der Waals surface area contributed by atoms with E-state index in [0.29, 0.717) is 23.7 Å². The van der Waals surface area contributed by atoms with Crippen molar-refractivity contribution in [1.29, 1.82) is 0 Å². The molecule has 0 atom stereocenters. The number of hydrogen-bond acceptors (Lipinski definition) is 4. The molecule has 0 bridgehead atoms. The molecule has 0 spiro atoms. The Morgan fingerprint density at radius 2 is 1.94 bits per heavy atom. The molecule has 1 N–H and O–H groups in total. The van der Waals surface area contributed by atoms with Gasteiger partial charge < -0.3 is 0 Å². The molecule has 16 heavy (non-hydrogen) atoms. The zero-order valence-electron chi connectivity index (χ0n) is 7.96. The first-order chi connectivity index (χ1) is 7.56. The summed E-state index contributed by atoms with van der Waals surface area (Å²) >= 11 is 0.712. The highest BCUT2D eigenvalue weighted by Crippen LogP contribution is 2.25. The molecule has 0 saturated carbocycles. The van der Waals surface area contributed by atoms with Crippen LogP contribution >= 0.6 is 11.8 Å². The number of rotatable bonds is 2. The van der Waals surface area contributed by atoms with Crippen LogP contribution in [0, 0.1) is 24.5 Å². The summed E-state index contributed by atoms with van der Waals surface area (Å²) in [5, 5.41) is 6.12. The Balaban J connectivity index is 2.31. The van der Waals surface area contributed by atoms with Crippen LogP contribution in [0.15, 0.2) is 16.2 Å². The number of aromatic nitrogens is 4. The van der Waals surface area contributed by atoms with Gasteiger partial charge in [-0.25, -0.2) is 18.7 Å². The number of pyridine rings is 1. The largest absolute Gasteiger partial charge is 0.262 e. The third kappa shape index (κ3) is 2.16. The van der Waals surface area contributed by atoms with Crippen molar-refractivity contribution in [2.45, 2.75) is 17.1 Å². The average molecular weight is 246 g/mol. The van der Waals surface area contributed by atoms with Crippen molar-refractivity contribution in [3.05, 3.63) is 29.5 Å². The number of nitrogens with zero attached hydrogens (tertiary/aromatic N) is 3. The lowest BCUT2D eigenvalue weighted by Gasteiger charge is -1.99. The summed E-state index contributed by atoms with van der Waals surface area (Å²) in [7, 11) is 0. The van der Waals surface area contributed by atoms with Gasteiger partial charge in [0.25, 0.3) is 0 Å². The normalized spacial score (nSPS) is 10.8. The third-order valence-electron chi connectivity index (χ3n) is 1.62. The molecule has 0 radical (unpaired) electrons. The second kappa shape index (κ2) is 4.12. The van der Waals surface area contributed by atoms with Gasteiger partial charge in [0, 0.05) is 6.07 Å². The molecule has 0 amide bonds. The predicted molar refractivity (Wildman–Crippen MR) is 49.4 cm³/mol. The Morgan fingerprint density at radius 1 is 1.19 bits per heavy atom. The van der Waals surface area contributed by atoms with Gasteiger partial charge in [-0.3, -0.25) is 5.10 Å². The van der Waals surface area contributed by atoms with Gasteiger partial charge in [-0.1, -0.05) is 0 Å². The van der Waals surface area contributed by atoms with Gasteiger partial charge >= 0.3 is 0 Å². The van der Waals surface area contributed by atoms with Crippen LogP contribution in [-0.4, -0.2) is 20.2 Å². The highest BCUT2D eigenvalue weighted by atomic mass is 32.2. The molecule has 8 heteroatoms. The van der Waals surface area contributed by atoms with Crippen molar-refractivity contribution in [3.8, 4) is 0 Å². The first kappa shape index (κ1) is 10.9. The predicted octanol–water partition coefficient (Wildman–Crippen LogP) is 2.08. The van der Waals surface area contributed by atoms with E-state index < -0.39 is 17.6 Å². The zero-order chi connectivity index (χ0) is 11.7. The summed E-state index contributed by atoms with van der Waals surface area (Å²) in [6, 6.07) is 0.435. The summed E-state index contributed by atoms with van der Waals surface area (Å²) in [6.07, 6.45) is 0. The SMILES string of the molecule is Cc1nc(Sc2nc(F)c(F)cc2F)n[nH]1. The number of H-pyrrole nitrogens is 1. The van der Waals surface area contributed by atoms with Gasteiger partial charge in [0.15, 0.2) is 11.6 Å². The maximum absolute atomic E-state index is 13.2. The maximum Gasteiger partial charge on any atom is 0.250 e. The lowest BCUT2D eigenvalue weighted by atomic mass is 10.4. The number of hydrogen-bond donors (Lipinski definition) is 1. The zero-order valence-corrected chi connectivity index (χ0v) is 8.78. The Hall–Kier alpha value is -1.57. The molecule has 4 nitrogen and oxygen atoms in total. The second-order valence-corrected chi connectivity index (χ2v) is 3.81. The molecule has 84 valence electrons. The molecule has 2 aromatic heterocycles. The highest BCUT2D eigenvalue weighted by molar-refractivity contribution is 7.99. The molecular weight excluding hydrogens is 241 g/mol. The summed E-state index contributed by atoms with van der Waals surface area (Å²) in [5.74, 6) is -3.10. The van der Waals surface area contributed by atoms with E-state index in [4.69, 9.17) is 0 Å². The van der Waals surface area contributed by atoms with E-state index in [-0.39, 0.29) is 10.2 Å². The minimum Gasteiger partial charge on any atom is -0.262 e. The Morgan fingerprint density at radius 3 is 2.56 bits per heavy atom. The standard InChI is InChI=1S/C8H5F3N4S/c1-3-12-8(15-14-3)16-7-5(10)2-4(9)6(11)13-7/h2H,1H3,(H,12,14,15). The van der Waals surface area contributed by atoms with Gasteiger partial charge in [0.05, 0.1) is 0 Å². The van der Waals surface area contributed by atoms with Crippen molar-refractivity contribution in [1.82, 2.24) is 20.2 Å². The summed E-state index contributed by atoms with van der Waals surface area (Å²) in [5.41, 5.74) is 0. The van der Waals surface area contributed by atoms with E-state index >= 15 is 0 Å². The monoisotopic (exact) mass is 246 g/mol. The van der Waals surface area contributed by atoms with E-state index in [1.807, 2.05) is 0 Å². The van der Waals surface area contributed by atoms with E-state index in [1.54, 1.807) is 6.92 Å². The lowest BCUT2D eigenvalue weighted by molar-refractivity contribution is 0.448. The van der Waals surface area contributed by atoms with Crippen molar-refractivity contribution in [2.75, 3.05) is 0 Å². The lowest BCUT2D eigenvalue weighted by Crippen LogP contribution is -1.95. The Bertz CT molecular complexity index is 528. The maximum atomic E-state index is 13.2. The van der Waals surface area contributed by atoms with Crippen LogP contribution in [0.3, 0.4) is 0 Å². The van der Waals surface area contributed by atoms with Crippen LogP contribution in [0.5, 0.6) is 0 Å². The van der Waals surface area contributed by atoms with Gasteiger partial charge in [-0.05, 0) is 18.7 Å². The van der Waals surface area contributed by atoms with Gasteiger partial charge in [-0.15, -0.1) is 5.10 Å². The molecule has 2 aromatic rings. The van der Waals surface area contributed by atoms with Crippen LogP contribution in [0.1, 0.15) is 5.82 Å². The molecular formula is C8H5F3N4S. The summed E-state index contributed by atoms with van der Waals surface area (Å²) in [6.45, 7) is 1.66.